The van der Waals surface area contributed by atoms with Gasteiger partial charge in [-0.15, -0.1) is 11.3 Å². The molecule has 8 nitrogen and oxygen atoms in total. The maximum atomic E-state index is 14.6. The molecule has 41 heavy (non-hydrogen) atoms. The van der Waals surface area contributed by atoms with Gasteiger partial charge in [-0.05, 0) is 61.9 Å². The number of carbonyl (C=O) groups is 2. The van der Waals surface area contributed by atoms with Crippen LogP contribution in [0.25, 0.3) is 21.3 Å². The lowest BCUT2D eigenvalue weighted by molar-refractivity contribution is 0.0592. The second-order valence-corrected chi connectivity index (χ2v) is 11.3. The summed E-state index contributed by atoms with van der Waals surface area (Å²) >= 11 is 7.36. The lowest BCUT2D eigenvalue weighted by Crippen LogP contribution is -2.43. The highest BCUT2D eigenvalue weighted by atomic mass is 35.5. The highest BCUT2D eigenvalue weighted by Crippen LogP contribution is 2.41. The Morgan fingerprint density at radius 2 is 1.90 bits per heavy atom. The van der Waals surface area contributed by atoms with Gasteiger partial charge in [0, 0.05) is 42.7 Å². The van der Waals surface area contributed by atoms with E-state index in [0.717, 1.165) is 29.0 Å². The van der Waals surface area contributed by atoms with E-state index in [1.807, 2.05) is 12.1 Å². The Hall–Kier alpha value is -3.83. The molecule has 0 spiro atoms. The predicted molar refractivity (Wildman–Crippen MR) is 152 cm³/mol. The Morgan fingerprint density at radius 1 is 1.15 bits per heavy atom. The monoisotopic (exact) mass is 600 g/mol. The van der Waals surface area contributed by atoms with Crippen molar-refractivity contribution in [3.63, 3.8) is 0 Å². The van der Waals surface area contributed by atoms with Crippen LogP contribution in [0.15, 0.2) is 48.9 Å². The van der Waals surface area contributed by atoms with E-state index in [1.54, 1.807) is 36.7 Å². The van der Waals surface area contributed by atoms with Gasteiger partial charge in [0.1, 0.15) is 22.3 Å². The van der Waals surface area contributed by atoms with Crippen molar-refractivity contribution in [1.82, 2.24) is 20.2 Å². The fraction of sp³-hybridized carbons (Fsp3) is 0.310. The van der Waals surface area contributed by atoms with Crippen LogP contribution in [-0.2, 0) is 6.54 Å². The van der Waals surface area contributed by atoms with Crippen LogP contribution in [0, 0.1) is 17.6 Å². The Labute approximate surface area is 243 Å². The van der Waals surface area contributed by atoms with Crippen LogP contribution in [0.5, 0.6) is 5.75 Å². The molecular weight excluding hydrogens is 574 g/mol. The summed E-state index contributed by atoms with van der Waals surface area (Å²) in [5, 5.41) is 11.2. The molecule has 2 N–H and O–H groups in total. The highest BCUT2D eigenvalue weighted by Gasteiger charge is 2.33. The molecule has 1 aliphatic rings. The molecule has 1 saturated carbocycles. The van der Waals surface area contributed by atoms with Crippen molar-refractivity contribution in [3.05, 3.63) is 76.0 Å². The molecule has 2 aromatic carbocycles. The van der Waals surface area contributed by atoms with Crippen LogP contribution >= 0.6 is 22.9 Å². The van der Waals surface area contributed by atoms with Crippen LogP contribution in [0.1, 0.15) is 40.9 Å². The standard InChI is InChI=1S/C29H27ClF2N4O4S/c1-40-23-9-4-17(22-14-33-10-11-34-22)12-18(23)15-36(19-5-2-16(3-6-19)13-35-29(38)39)28(37)27-25(30)24-20(31)7-8-21(32)26(24)41-27/h4,7-12,14,16,19,35H,2-3,5-6,13,15H2,1H3,(H,38,39). The first-order chi connectivity index (χ1) is 19.8. The summed E-state index contributed by atoms with van der Waals surface area (Å²) in [7, 11) is 1.54. The number of halogens is 3. The number of fused-ring (bicyclic) bond motifs is 1. The van der Waals surface area contributed by atoms with E-state index in [4.69, 9.17) is 21.4 Å². The van der Waals surface area contributed by atoms with E-state index in [-0.39, 0.29) is 38.5 Å². The van der Waals surface area contributed by atoms with Crippen LogP contribution < -0.4 is 10.1 Å². The zero-order chi connectivity index (χ0) is 29.1. The molecule has 0 unspecified atom stereocenters. The third-order valence-corrected chi connectivity index (χ3v) is 9.09. The molecule has 12 heteroatoms. The summed E-state index contributed by atoms with van der Waals surface area (Å²) in [5.74, 6) is -1.07. The number of carboxylic acid groups (broad SMARTS) is 1. The number of thiophene rings is 1. The fourth-order valence-corrected chi connectivity index (χ4v) is 6.82. The van der Waals surface area contributed by atoms with E-state index >= 15 is 0 Å². The number of carbonyl (C=O) groups excluding carboxylic acids is 1. The number of hydrogen-bond acceptors (Lipinski definition) is 6. The second-order valence-electron chi connectivity index (χ2n) is 9.89. The first-order valence-corrected chi connectivity index (χ1v) is 14.2. The van der Waals surface area contributed by atoms with Crippen molar-refractivity contribution >= 4 is 45.0 Å². The van der Waals surface area contributed by atoms with Gasteiger partial charge in [-0.2, -0.15) is 0 Å². The minimum atomic E-state index is -1.07. The minimum Gasteiger partial charge on any atom is -0.496 e. The van der Waals surface area contributed by atoms with Crippen molar-refractivity contribution in [3.8, 4) is 17.0 Å². The van der Waals surface area contributed by atoms with Gasteiger partial charge >= 0.3 is 6.09 Å². The number of ether oxygens (including phenoxy) is 1. The van der Waals surface area contributed by atoms with Crippen LogP contribution in [-0.4, -0.2) is 51.7 Å². The Balaban J connectivity index is 1.51. The molecule has 0 saturated heterocycles. The topological polar surface area (TPSA) is 105 Å². The molecule has 2 aromatic heterocycles. The summed E-state index contributed by atoms with van der Waals surface area (Å²) < 4.78 is 34.8. The van der Waals surface area contributed by atoms with E-state index in [2.05, 4.69) is 15.3 Å². The van der Waals surface area contributed by atoms with Crippen molar-refractivity contribution in [1.29, 1.82) is 0 Å². The summed E-state index contributed by atoms with van der Waals surface area (Å²) in [6.07, 6.45) is 6.39. The number of rotatable bonds is 8. The van der Waals surface area contributed by atoms with Gasteiger partial charge in [0.25, 0.3) is 5.91 Å². The lowest BCUT2D eigenvalue weighted by Gasteiger charge is -2.37. The number of methoxy groups -OCH3 is 1. The van der Waals surface area contributed by atoms with Crippen molar-refractivity contribution in [2.24, 2.45) is 5.92 Å². The van der Waals surface area contributed by atoms with Gasteiger partial charge in [-0.1, -0.05) is 11.6 Å². The molecule has 5 rings (SSSR count). The maximum absolute atomic E-state index is 14.6. The molecule has 0 bridgehead atoms. The first kappa shape index (κ1) is 28.7. The van der Waals surface area contributed by atoms with E-state index in [0.29, 0.717) is 49.2 Å². The molecule has 4 aromatic rings. The third-order valence-electron chi connectivity index (χ3n) is 7.42. The summed E-state index contributed by atoms with van der Waals surface area (Å²) in [6.45, 7) is 0.485. The quantitative estimate of drug-likeness (QED) is 0.231. The number of amides is 2. The average molecular weight is 601 g/mol. The van der Waals surface area contributed by atoms with Crippen molar-refractivity contribution < 1.29 is 28.2 Å². The van der Waals surface area contributed by atoms with Gasteiger partial charge in [-0.3, -0.25) is 14.8 Å². The average Bonchev–Trinajstić information content (AvgIpc) is 3.35. The number of nitrogens with zero attached hydrogens (tertiary/aromatic N) is 3. The predicted octanol–water partition coefficient (Wildman–Crippen LogP) is 6.77. The normalized spacial score (nSPS) is 16.9. The number of aromatic nitrogens is 2. The zero-order valence-electron chi connectivity index (χ0n) is 22.1. The molecule has 1 aliphatic carbocycles. The van der Waals surface area contributed by atoms with E-state index in [9.17, 15) is 18.4 Å². The zero-order valence-corrected chi connectivity index (χ0v) is 23.6. The molecule has 0 atom stereocenters. The SMILES string of the molecule is COc1ccc(-c2cnccn2)cc1CN(C(=O)c1sc2c(F)ccc(F)c2c1Cl)C1CCC(CNC(=O)O)CC1. The molecule has 1 fully saturated rings. The molecule has 2 amide bonds. The Kier molecular flexibility index (Phi) is 8.65. The van der Waals surface area contributed by atoms with Crippen molar-refractivity contribution in [2.75, 3.05) is 13.7 Å². The van der Waals surface area contributed by atoms with Gasteiger partial charge in [0.2, 0.25) is 0 Å². The minimum absolute atomic E-state index is 0.0102. The summed E-state index contributed by atoms with van der Waals surface area (Å²) in [4.78, 5) is 35.4. The van der Waals surface area contributed by atoms with Crippen LogP contribution in [0.2, 0.25) is 5.02 Å². The van der Waals surface area contributed by atoms with Gasteiger partial charge in [-0.25, -0.2) is 13.6 Å². The van der Waals surface area contributed by atoms with Gasteiger partial charge < -0.3 is 20.1 Å². The van der Waals surface area contributed by atoms with Crippen molar-refractivity contribution in [2.45, 2.75) is 38.3 Å². The van der Waals surface area contributed by atoms with E-state index in [1.165, 1.54) is 0 Å². The molecule has 2 heterocycles. The lowest BCUT2D eigenvalue weighted by atomic mass is 9.85. The summed E-state index contributed by atoms with van der Waals surface area (Å²) in [6, 6.07) is 7.34. The molecule has 0 aliphatic heterocycles. The van der Waals surface area contributed by atoms with Crippen LogP contribution in [0.3, 0.4) is 0 Å². The molecule has 214 valence electrons. The highest BCUT2D eigenvalue weighted by molar-refractivity contribution is 7.21. The second kappa shape index (κ2) is 12.4. The van der Waals surface area contributed by atoms with Crippen LogP contribution in [0.4, 0.5) is 13.6 Å². The Morgan fingerprint density at radius 3 is 2.56 bits per heavy atom. The largest absolute Gasteiger partial charge is 0.496 e. The smallest absolute Gasteiger partial charge is 0.404 e. The Bertz CT molecular complexity index is 1580. The number of nitrogens with one attached hydrogen (secondary N) is 1. The fourth-order valence-electron chi connectivity index (χ4n) is 5.32. The number of hydrogen-bond donors (Lipinski definition) is 2. The maximum Gasteiger partial charge on any atom is 0.404 e. The van der Waals surface area contributed by atoms with E-state index < -0.39 is 23.6 Å². The van der Waals surface area contributed by atoms with Gasteiger partial charge in [0.15, 0.2) is 0 Å². The first-order valence-electron chi connectivity index (χ1n) is 13.0. The van der Waals surface area contributed by atoms with Gasteiger partial charge in [0.05, 0.1) is 34.1 Å². The molecular formula is C29H27ClF2N4O4S. The summed E-state index contributed by atoms with van der Waals surface area (Å²) in [5.41, 5.74) is 2.15. The molecule has 0 radical (unpaired) electrons. The number of benzene rings is 2. The third kappa shape index (κ3) is 6.11.